The largest absolute Gasteiger partial charge is 0.369 e. The molecule has 1 atom stereocenters. The lowest BCUT2D eigenvalue weighted by atomic mass is 9.78. The molecule has 3 aromatic rings. The van der Waals surface area contributed by atoms with Crippen molar-refractivity contribution in [2.75, 3.05) is 13.1 Å². The van der Waals surface area contributed by atoms with E-state index in [2.05, 4.69) is 36.2 Å². The lowest BCUT2D eigenvalue weighted by Crippen LogP contribution is -2.42. The summed E-state index contributed by atoms with van der Waals surface area (Å²) in [7, 11) is 0. The molecule has 0 spiro atoms. The number of carbonyl (C=O) groups is 2. The van der Waals surface area contributed by atoms with E-state index in [0.717, 1.165) is 16.7 Å². The first-order valence-corrected chi connectivity index (χ1v) is 10.1. The van der Waals surface area contributed by atoms with Crippen molar-refractivity contribution in [1.29, 1.82) is 0 Å². The molecule has 1 aromatic heterocycles. The number of nitrogens with zero attached hydrogens (tertiary/aromatic N) is 2. The number of pyridine rings is 1. The fourth-order valence-electron chi connectivity index (χ4n) is 4.26. The molecule has 152 valence electrons. The zero-order valence-electron chi connectivity index (χ0n) is 17.0. The Bertz CT molecular complexity index is 1080. The second kappa shape index (κ2) is 8.11. The standard InChI is InChI=1S/C25H25N3O2/c1-18-7-6-9-19(15-18)21-10-3-2-8-20(21)16-25(24(26)30)12-14-28(17-25)23(29)22-11-4-5-13-27-22/h2-11,13,15H,12,14,16-17H2,1H3,(H2,26,30). The summed E-state index contributed by atoms with van der Waals surface area (Å²) in [5.74, 6) is -0.524. The topological polar surface area (TPSA) is 76.3 Å². The van der Waals surface area contributed by atoms with E-state index in [1.807, 2.05) is 24.3 Å². The van der Waals surface area contributed by atoms with Crippen molar-refractivity contribution in [2.24, 2.45) is 11.1 Å². The Hall–Kier alpha value is -3.47. The van der Waals surface area contributed by atoms with Crippen LogP contribution in [0.1, 0.15) is 28.0 Å². The molecular formula is C25H25N3O2. The lowest BCUT2D eigenvalue weighted by Gasteiger charge is -2.27. The zero-order chi connectivity index (χ0) is 21.1. The van der Waals surface area contributed by atoms with Crippen molar-refractivity contribution in [1.82, 2.24) is 9.88 Å². The van der Waals surface area contributed by atoms with Gasteiger partial charge in [-0.15, -0.1) is 0 Å². The van der Waals surface area contributed by atoms with Gasteiger partial charge >= 0.3 is 0 Å². The van der Waals surface area contributed by atoms with Gasteiger partial charge in [0, 0.05) is 19.3 Å². The number of hydrogen-bond acceptors (Lipinski definition) is 3. The number of amides is 2. The molecule has 0 radical (unpaired) electrons. The molecule has 0 aliphatic carbocycles. The molecule has 2 N–H and O–H groups in total. The Balaban J connectivity index is 1.63. The molecule has 2 aromatic carbocycles. The van der Waals surface area contributed by atoms with Gasteiger partial charge in [0.2, 0.25) is 5.91 Å². The van der Waals surface area contributed by atoms with Gasteiger partial charge in [-0.25, -0.2) is 0 Å². The smallest absolute Gasteiger partial charge is 0.272 e. The first kappa shape index (κ1) is 19.8. The number of primary amides is 1. The van der Waals surface area contributed by atoms with Crippen molar-refractivity contribution >= 4 is 11.8 Å². The van der Waals surface area contributed by atoms with Gasteiger partial charge in [0.25, 0.3) is 5.91 Å². The van der Waals surface area contributed by atoms with E-state index in [-0.39, 0.29) is 11.8 Å². The molecule has 0 saturated carbocycles. The van der Waals surface area contributed by atoms with Gasteiger partial charge in [0.05, 0.1) is 5.41 Å². The molecule has 5 heteroatoms. The number of rotatable bonds is 5. The fraction of sp³-hybridized carbons (Fsp3) is 0.240. The van der Waals surface area contributed by atoms with Crippen LogP contribution >= 0.6 is 0 Å². The Labute approximate surface area is 176 Å². The Kier molecular flexibility index (Phi) is 5.36. The normalized spacial score (nSPS) is 18.4. The first-order chi connectivity index (χ1) is 14.5. The maximum Gasteiger partial charge on any atom is 0.272 e. The highest BCUT2D eigenvalue weighted by Crippen LogP contribution is 2.37. The number of likely N-dealkylation sites (tertiary alicyclic amines) is 1. The third kappa shape index (κ3) is 3.83. The highest BCUT2D eigenvalue weighted by atomic mass is 16.2. The molecule has 1 unspecified atom stereocenters. The van der Waals surface area contributed by atoms with Crippen LogP contribution in [0.4, 0.5) is 0 Å². The molecule has 0 bridgehead atoms. The highest BCUT2D eigenvalue weighted by Gasteiger charge is 2.45. The highest BCUT2D eigenvalue weighted by molar-refractivity contribution is 5.93. The van der Waals surface area contributed by atoms with Crippen LogP contribution < -0.4 is 5.73 Å². The summed E-state index contributed by atoms with van der Waals surface area (Å²) in [5, 5.41) is 0. The second-order valence-corrected chi connectivity index (χ2v) is 8.04. The van der Waals surface area contributed by atoms with E-state index in [1.165, 1.54) is 5.56 Å². The molecular weight excluding hydrogens is 374 g/mol. The van der Waals surface area contributed by atoms with Gasteiger partial charge < -0.3 is 10.6 Å². The molecule has 4 rings (SSSR count). The molecule has 2 heterocycles. The summed E-state index contributed by atoms with van der Waals surface area (Å²) in [6.45, 7) is 2.86. The second-order valence-electron chi connectivity index (χ2n) is 8.04. The van der Waals surface area contributed by atoms with Crippen LogP contribution in [-0.2, 0) is 11.2 Å². The molecule has 1 saturated heterocycles. The minimum absolute atomic E-state index is 0.161. The SMILES string of the molecule is Cc1cccc(-c2ccccc2CC2(C(N)=O)CCN(C(=O)c3ccccn3)C2)c1. The molecule has 2 amide bonds. The van der Waals surface area contributed by atoms with Crippen LogP contribution in [0.25, 0.3) is 11.1 Å². The van der Waals surface area contributed by atoms with Gasteiger partial charge in [-0.2, -0.15) is 0 Å². The summed E-state index contributed by atoms with van der Waals surface area (Å²) < 4.78 is 0. The predicted molar refractivity (Wildman–Crippen MR) is 117 cm³/mol. The van der Waals surface area contributed by atoms with Gasteiger partial charge in [0.1, 0.15) is 5.69 Å². The minimum Gasteiger partial charge on any atom is -0.369 e. The molecule has 30 heavy (non-hydrogen) atoms. The maximum atomic E-state index is 12.8. The number of benzene rings is 2. The monoisotopic (exact) mass is 399 g/mol. The zero-order valence-corrected chi connectivity index (χ0v) is 17.0. The number of aromatic nitrogens is 1. The van der Waals surface area contributed by atoms with Crippen molar-refractivity contribution in [3.8, 4) is 11.1 Å². The van der Waals surface area contributed by atoms with Crippen LogP contribution in [0.2, 0.25) is 0 Å². The Morgan fingerprint density at radius 2 is 1.87 bits per heavy atom. The lowest BCUT2D eigenvalue weighted by molar-refractivity contribution is -0.126. The summed E-state index contributed by atoms with van der Waals surface area (Å²) in [6, 6.07) is 21.7. The quantitative estimate of drug-likeness (QED) is 0.712. The van der Waals surface area contributed by atoms with E-state index < -0.39 is 5.41 Å². The molecule has 1 fully saturated rings. The van der Waals surface area contributed by atoms with Crippen LogP contribution in [0.3, 0.4) is 0 Å². The predicted octanol–water partition coefficient (Wildman–Crippen LogP) is 3.62. The van der Waals surface area contributed by atoms with E-state index in [0.29, 0.717) is 31.6 Å². The van der Waals surface area contributed by atoms with Crippen molar-refractivity contribution < 1.29 is 9.59 Å². The minimum atomic E-state index is -0.787. The summed E-state index contributed by atoms with van der Waals surface area (Å²) in [4.78, 5) is 31.3. The number of aryl methyl sites for hydroxylation is 1. The number of carbonyl (C=O) groups excluding carboxylic acids is 2. The average molecular weight is 399 g/mol. The third-order valence-corrected chi connectivity index (χ3v) is 5.92. The fourth-order valence-corrected chi connectivity index (χ4v) is 4.26. The molecule has 1 aliphatic rings. The maximum absolute atomic E-state index is 12.8. The average Bonchev–Trinajstić information content (AvgIpc) is 3.20. The molecule has 1 aliphatic heterocycles. The van der Waals surface area contributed by atoms with Gasteiger partial charge in [-0.1, -0.05) is 60.2 Å². The van der Waals surface area contributed by atoms with E-state index >= 15 is 0 Å². The summed E-state index contributed by atoms with van der Waals surface area (Å²) in [6.07, 6.45) is 2.64. The van der Waals surface area contributed by atoms with Gasteiger partial charge in [-0.05, 0) is 48.6 Å². The van der Waals surface area contributed by atoms with Gasteiger partial charge in [0.15, 0.2) is 0 Å². The van der Waals surface area contributed by atoms with Crippen molar-refractivity contribution in [3.63, 3.8) is 0 Å². The van der Waals surface area contributed by atoms with E-state index in [4.69, 9.17) is 5.73 Å². The third-order valence-electron chi connectivity index (χ3n) is 5.92. The molecule has 5 nitrogen and oxygen atoms in total. The van der Waals surface area contributed by atoms with Crippen LogP contribution in [0, 0.1) is 12.3 Å². The first-order valence-electron chi connectivity index (χ1n) is 10.1. The summed E-state index contributed by atoms with van der Waals surface area (Å²) in [5.41, 5.74) is 9.96. The number of hydrogen-bond donors (Lipinski definition) is 1. The van der Waals surface area contributed by atoms with Crippen LogP contribution in [-0.4, -0.2) is 34.8 Å². The Morgan fingerprint density at radius 3 is 2.60 bits per heavy atom. The van der Waals surface area contributed by atoms with Crippen molar-refractivity contribution in [2.45, 2.75) is 19.8 Å². The van der Waals surface area contributed by atoms with E-state index in [1.54, 1.807) is 29.3 Å². The van der Waals surface area contributed by atoms with E-state index in [9.17, 15) is 9.59 Å². The Morgan fingerprint density at radius 1 is 1.07 bits per heavy atom. The van der Waals surface area contributed by atoms with Crippen LogP contribution in [0.15, 0.2) is 72.9 Å². The van der Waals surface area contributed by atoms with Crippen molar-refractivity contribution in [3.05, 3.63) is 89.7 Å². The summed E-state index contributed by atoms with van der Waals surface area (Å²) >= 11 is 0. The number of nitrogens with two attached hydrogens (primary N) is 1. The van der Waals surface area contributed by atoms with Gasteiger partial charge in [-0.3, -0.25) is 14.6 Å². The van der Waals surface area contributed by atoms with Crippen LogP contribution in [0.5, 0.6) is 0 Å².